The summed E-state index contributed by atoms with van der Waals surface area (Å²) in [6, 6.07) is 0. The molecule has 6 heteroatoms. The van der Waals surface area contributed by atoms with E-state index in [1.807, 2.05) is 0 Å². The van der Waals surface area contributed by atoms with Crippen LogP contribution in [0, 0.1) is 11.8 Å². The molecule has 0 saturated heterocycles. The van der Waals surface area contributed by atoms with Crippen molar-refractivity contribution in [3.05, 3.63) is 10.4 Å². The second kappa shape index (κ2) is 7.36. The number of methoxy groups -OCH3 is 1. The van der Waals surface area contributed by atoms with Gasteiger partial charge in [0.15, 0.2) is 0 Å². The molecule has 0 bridgehead atoms. The summed E-state index contributed by atoms with van der Waals surface area (Å²) in [4.78, 5) is 14.9. The Labute approximate surface area is 114 Å². The van der Waals surface area contributed by atoms with Gasteiger partial charge < -0.3 is 10.1 Å². The number of nitrogens with zero attached hydrogens (tertiary/aromatic N) is 3. The second-order valence-electron chi connectivity index (χ2n) is 5.49. The molecule has 1 saturated carbocycles. The Balaban J connectivity index is 2.69. The normalized spacial score (nSPS) is 30.5. The van der Waals surface area contributed by atoms with Crippen molar-refractivity contribution in [3.8, 4) is 0 Å². The number of rotatable bonds is 6. The molecular formula is C13H24N4O2. The third-order valence-corrected chi connectivity index (χ3v) is 4.09. The zero-order chi connectivity index (χ0) is 14.3. The average Bonchev–Trinajstić information content (AvgIpc) is 2.41. The Morgan fingerprint density at radius 1 is 1.53 bits per heavy atom. The van der Waals surface area contributed by atoms with Crippen molar-refractivity contribution in [1.82, 2.24) is 5.32 Å². The SMILES string of the molecule is COC(=O)C1(NCCCN=[N+]=[N-])CC(C)CCC1C. The standard InChI is InChI=1S/C13H24N4O2/c1-10-5-6-11(2)13(9-10,12(18)19-3)15-7-4-8-16-17-14/h10-11,15H,4-9H2,1-3H3. The molecule has 108 valence electrons. The van der Waals surface area contributed by atoms with Gasteiger partial charge in [0.05, 0.1) is 7.11 Å². The second-order valence-corrected chi connectivity index (χ2v) is 5.49. The topological polar surface area (TPSA) is 87.1 Å². The van der Waals surface area contributed by atoms with Crippen LogP contribution in [0.1, 0.15) is 39.5 Å². The summed E-state index contributed by atoms with van der Waals surface area (Å²) in [6.45, 7) is 5.38. The van der Waals surface area contributed by atoms with E-state index in [1.165, 1.54) is 7.11 Å². The number of nitrogens with one attached hydrogen (secondary N) is 1. The molecule has 0 amide bonds. The zero-order valence-electron chi connectivity index (χ0n) is 12.1. The monoisotopic (exact) mass is 268 g/mol. The number of hydrogen-bond donors (Lipinski definition) is 1. The molecule has 0 aliphatic heterocycles. The van der Waals surface area contributed by atoms with Crippen LogP contribution in [0.25, 0.3) is 10.4 Å². The summed E-state index contributed by atoms with van der Waals surface area (Å²) in [5.74, 6) is 0.603. The maximum Gasteiger partial charge on any atom is 0.326 e. The van der Waals surface area contributed by atoms with E-state index in [2.05, 4.69) is 29.2 Å². The Bertz CT molecular complexity index is 355. The molecule has 1 aliphatic rings. The molecule has 0 aromatic rings. The summed E-state index contributed by atoms with van der Waals surface area (Å²) >= 11 is 0. The van der Waals surface area contributed by atoms with Crippen LogP contribution >= 0.6 is 0 Å². The third kappa shape index (κ3) is 3.85. The van der Waals surface area contributed by atoms with Crippen molar-refractivity contribution in [2.75, 3.05) is 20.2 Å². The van der Waals surface area contributed by atoms with Gasteiger partial charge in [-0.15, -0.1) is 0 Å². The van der Waals surface area contributed by atoms with Crippen molar-refractivity contribution < 1.29 is 9.53 Å². The van der Waals surface area contributed by atoms with Gasteiger partial charge in [0, 0.05) is 11.5 Å². The van der Waals surface area contributed by atoms with E-state index in [1.54, 1.807) is 0 Å². The van der Waals surface area contributed by atoms with Crippen molar-refractivity contribution in [3.63, 3.8) is 0 Å². The highest BCUT2D eigenvalue weighted by Gasteiger charge is 2.47. The van der Waals surface area contributed by atoms with E-state index in [4.69, 9.17) is 10.3 Å². The molecule has 1 rings (SSSR count). The van der Waals surface area contributed by atoms with Gasteiger partial charge in [0.2, 0.25) is 0 Å². The minimum atomic E-state index is -0.581. The number of ether oxygens (including phenoxy) is 1. The van der Waals surface area contributed by atoms with E-state index in [-0.39, 0.29) is 11.9 Å². The Morgan fingerprint density at radius 2 is 2.26 bits per heavy atom. The van der Waals surface area contributed by atoms with Crippen LogP contribution in [0.15, 0.2) is 5.11 Å². The quantitative estimate of drug-likeness (QED) is 0.264. The Hall–Kier alpha value is -1.26. The van der Waals surface area contributed by atoms with Crippen LogP contribution in [0.3, 0.4) is 0 Å². The van der Waals surface area contributed by atoms with Gasteiger partial charge in [-0.2, -0.15) is 0 Å². The highest BCUT2D eigenvalue weighted by molar-refractivity contribution is 5.81. The molecule has 3 unspecified atom stereocenters. The Kier molecular flexibility index (Phi) is 6.12. The van der Waals surface area contributed by atoms with Crippen LogP contribution in [0.4, 0.5) is 0 Å². The van der Waals surface area contributed by atoms with Gasteiger partial charge in [-0.3, -0.25) is 4.79 Å². The largest absolute Gasteiger partial charge is 0.468 e. The lowest BCUT2D eigenvalue weighted by Gasteiger charge is -2.43. The zero-order valence-corrected chi connectivity index (χ0v) is 12.1. The van der Waals surface area contributed by atoms with Crippen LogP contribution < -0.4 is 5.32 Å². The molecule has 0 aromatic carbocycles. The number of hydrogen-bond acceptors (Lipinski definition) is 4. The first-order valence-corrected chi connectivity index (χ1v) is 6.91. The molecule has 1 aliphatic carbocycles. The van der Waals surface area contributed by atoms with Gasteiger partial charge in [-0.05, 0) is 43.2 Å². The smallest absolute Gasteiger partial charge is 0.326 e. The summed E-state index contributed by atoms with van der Waals surface area (Å²) in [5, 5.41) is 6.87. The predicted molar refractivity (Wildman–Crippen MR) is 73.6 cm³/mol. The van der Waals surface area contributed by atoms with Gasteiger partial charge in [0.1, 0.15) is 5.54 Å². The van der Waals surface area contributed by atoms with E-state index in [0.29, 0.717) is 19.0 Å². The fourth-order valence-corrected chi connectivity index (χ4v) is 2.92. The van der Waals surface area contributed by atoms with Crippen LogP contribution in [0.5, 0.6) is 0 Å². The fraction of sp³-hybridized carbons (Fsp3) is 0.923. The summed E-state index contributed by atoms with van der Waals surface area (Å²) in [7, 11) is 1.44. The summed E-state index contributed by atoms with van der Waals surface area (Å²) in [5.41, 5.74) is 7.65. The number of azide groups is 1. The maximum absolute atomic E-state index is 12.2. The van der Waals surface area contributed by atoms with Crippen LogP contribution in [-0.2, 0) is 9.53 Å². The minimum absolute atomic E-state index is 0.171. The molecule has 0 spiro atoms. The molecule has 0 aromatic heterocycles. The number of carbonyl (C=O) groups is 1. The molecule has 3 atom stereocenters. The lowest BCUT2D eigenvalue weighted by molar-refractivity contribution is -0.153. The molecule has 0 radical (unpaired) electrons. The first-order chi connectivity index (χ1) is 9.06. The molecule has 1 N–H and O–H groups in total. The van der Waals surface area contributed by atoms with Crippen molar-refractivity contribution in [2.24, 2.45) is 17.0 Å². The molecule has 19 heavy (non-hydrogen) atoms. The molecule has 6 nitrogen and oxygen atoms in total. The van der Waals surface area contributed by atoms with Gasteiger partial charge in [-0.1, -0.05) is 25.4 Å². The lowest BCUT2D eigenvalue weighted by atomic mass is 9.69. The molecular weight excluding hydrogens is 244 g/mol. The van der Waals surface area contributed by atoms with E-state index < -0.39 is 5.54 Å². The van der Waals surface area contributed by atoms with Gasteiger partial charge in [0.25, 0.3) is 0 Å². The minimum Gasteiger partial charge on any atom is -0.468 e. The number of carbonyl (C=O) groups excluding carboxylic acids is 1. The van der Waals surface area contributed by atoms with Crippen molar-refractivity contribution in [1.29, 1.82) is 0 Å². The third-order valence-electron chi connectivity index (χ3n) is 4.09. The maximum atomic E-state index is 12.2. The van der Waals surface area contributed by atoms with Crippen molar-refractivity contribution >= 4 is 5.97 Å². The lowest BCUT2D eigenvalue weighted by Crippen LogP contribution is -2.60. The first kappa shape index (κ1) is 15.8. The molecule has 1 fully saturated rings. The predicted octanol–water partition coefficient (Wildman–Crippen LogP) is 2.64. The van der Waals surface area contributed by atoms with Crippen molar-refractivity contribution in [2.45, 2.75) is 45.1 Å². The highest BCUT2D eigenvalue weighted by Crippen LogP contribution is 2.37. The summed E-state index contributed by atoms with van der Waals surface area (Å²) < 4.78 is 5.01. The average molecular weight is 268 g/mol. The van der Waals surface area contributed by atoms with E-state index in [9.17, 15) is 4.79 Å². The van der Waals surface area contributed by atoms with Gasteiger partial charge in [-0.25, -0.2) is 0 Å². The highest BCUT2D eigenvalue weighted by atomic mass is 16.5. The Morgan fingerprint density at radius 3 is 2.89 bits per heavy atom. The fourth-order valence-electron chi connectivity index (χ4n) is 2.92. The first-order valence-electron chi connectivity index (χ1n) is 6.91. The van der Waals surface area contributed by atoms with Crippen LogP contribution in [-0.4, -0.2) is 31.7 Å². The van der Waals surface area contributed by atoms with Crippen LogP contribution in [0.2, 0.25) is 0 Å². The molecule has 0 heterocycles. The van der Waals surface area contributed by atoms with E-state index >= 15 is 0 Å². The number of esters is 1. The van der Waals surface area contributed by atoms with E-state index in [0.717, 1.165) is 25.7 Å². The van der Waals surface area contributed by atoms with Gasteiger partial charge >= 0.3 is 5.97 Å². The summed E-state index contributed by atoms with van der Waals surface area (Å²) in [6.07, 6.45) is 3.71.